The summed E-state index contributed by atoms with van der Waals surface area (Å²) in [6.07, 6.45) is 0. The molecule has 0 aliphatic heterocycles. The molecule has 7 nitrogen and oxygen atoms in total. The van der Waals surface area contributed by atoms with Crippen molar-refractivity contribution in [1.82, 2.24) is 9.97 Å². The Hall–Kier alpha value is -2.31. The number of benzene rings is 1. The zero-order valence-corrected chi connectivity index (χ0v) is 6.77. The Balaban J connectivity index is 2.92. The van der Waals surface area contributed by atoms with Crippen LogP contribution in [-0.4, -0.2) is 20.0 Å². The van der Waals surface area contributed by atoms with Crippen LogP contribution in [0.4, 0.5) is 5.69 Å². The molecule has 2 rings (SSSR count). The van der Waals surface area contributed by atoms with Gasteiger partial charge in [-0.3, -0.25) is 10.1 Å². The lowest BCUT2D eigenvalue weighted by Crippen LogP contribution is -1.99. The van der Waals surface area contributed by atoms with Crippen molar-refractivity contribution >= 4 is 16.7 Å². The molecule has 0 amide bonds. The van der Waals surface area contributed by atoms with Gasteiger partial charge in [-0.15, -0.1) is 0 Å². The van der Waals surface area contributed by atoms with Crippen LogP contribution in [0.5, 0.6) is 5.75 Å². The van der Waals surface area contributed by atoms with E-state index in [2.05, 4.69) is 9.97 Å². The predicted molar refractivity (Wildman–Crippen MR) is 47.2 cm³/mol. The van der Waals surface area contributed by atoms with E-state index in [0.717, 1.165) is 6.07 Å². The zero-order valence-electron chi connectivity index (χ0n) is 6.77. The van der Waals surface area contributed by atoms with Crippen LogP contribution in [0.15, 0.2) is 16.9 Å². The van der Waals surface area contributed by atoms with Gasteiger partial charge in [0.25, 0.3) is 5.69 Å². The summed E-state index contributed by atoms with van der Waals surface area (Å²) in [6.45, 7) is 0. The van der Waals surface area contributed by atoms with Crippen LogP contribution in [0.1, 0.15) is 0 Å². The first kappa shape index (κ1) is 8.30. The number of aromatic hydroxyl groups is 1. The number of nitrogens with zero attached hydrogens (tertiary/aromatic N) is 1. The Morgan fingerprint density at radius 1 is 1.36 bits per heavy atom. The number of non-ortho nitro benzene ring substituents is 1. The molecule has 3 N–H and O–H groups in total. The Morgan fingerprint density at radius 2 is 2.07 bits per heavy atom. The number of fused-ring (bicyclic) bond motifs is 1. The van der Waals surface area contributed by atoms with Gasteiger partial charge in [0.05, 0.1) is 16.5 Å². The fraction of sp³-hybridized carbons (Fsp3) is 0. The average Bonchev–Trinajstić information content (AvgIpc) is 2.42. The summed E-state index contributed by atoms with van der Waals surface area (Å²) < 4.78 is 0. The minimum atomic E-state index is -0.675. The number of aromatic amines is 2. The molecule has 0 unspecified atom stereocenters. The SMILES string of the molecule is O=c1[nH]c2cc(O)cc([N+](=O)[O-])c2[nH]1. The van der Waals surface area contributed by atoms with Crippen molar-refractivity contribution in [1.29, 1.82) is 0 Å². The number of hydrogen-bond donors (Lipinski definition) is 3. The second-order valence-corrected chi connectivity index (χ2v) is 2.72. The average molecular weight is 195 g/mol. The van der Waals surface area contributed by atoms with Gasteiger partial charge < -0.3 is 15.1 Å². The van der Waals surface area contributed by atoms with E-state index in [0.29, 0.717) is 0 Å². The molecule has 0 fully saturated rings. The first-order valence-corrected chi connectivity index (χ1v) is 3.67. The molecule has 0 spiro atoms. The zero-order chi connectivity index (χ0) is 10.3. The number of hydrogen-bond acceptors (Lipinski definition) is 4. The van der Waals surface area contributed by atoms with Gasteiger partial charge in [0, 0.05) is 6.07 Å². The number of rotatable bonds is 1. The fourth-order valence-electron chi connectivity index (χ4n) is 1.25. The molecule has 0 aliphatic carbocycles. The maximum absolute atomic E-state index is 10.9. The van der Waals surface area contributed by atoms with Crippen LogP contribution >= 0.6 is 0 Å². The minimum Gasteiger partial charge on any atom is -0.508 e. The lowest BCUT2D eigenvalue weighted by Gasteiger charge is -1.94. The summed E-state index contributed by atoms with van der Waals surface area (Å²) >= 11 is 0. The Labute approximate surface area is 76.2 Å². The second kappa shape index (κ2) is 2.59. The van der Waals surface area contributed by atoms with Gasteiger partial charge in [-0.25, -0.2) is 4.79 Å². The van der Waals surface area contributed by atoms with E-state index < -0.39 is 10.6 Å². The van der Waals surface area contributed by atoms with E-state index >= 15 is 0 Å². The molecule has 2 aromatic rings. The Kier molecular flexibility index (Phi) is 1.53. The lowest BCUT2D eigenvalue weighted by molar-refractivity contribution is -0.383. The molecular formula is C7H5N3O4. The molecule has 0 atom stereocenters. The first-order chi connectivity index (χ1) is 6.58. The smallest absolute Gasteiger partial charge is 0.324 e. The van der Waals surface area contributed by atoms with Crippen molar-refractivity contribution in [2.24, 2.45) is 0 Å². The molecule has 1 heterocycles. The number of aromatic nitrogens is 2. The molecule has 14 heavy (non-hydrogen) atoms. The fourth-order valence-corrected chi connectivity index (χ4v) is 1.25. The van der Waals surface area contributed by atoms with Crippen LogP contribution in [0.25, 0.3) is 11.0 Å². The molecule has 1 aromatic carbocycles. The van der Waals surface area contributed by atoms with Crippen LogP contribution in [0, 0.1) is 10.1 Å². The van der Waals surface area contributed by atoms with Crippen LogP contribution in [0.2, 0.25) is 0 Å². The molecule has 0 saturated carbocycles. The Bertz CT molecular complexity index is 568. The Morgan fingerprint density at radius 3 is 2.71 bits per heavy atom. The summed E-state index contributed by atoms with van der Waals surface area (Å²) in [6, 6.07) is 2.21. The highest BCUT2D eigenvalue weighted by atomic mass is 16.6. The number of nitrogens with one attached hydrogen (secondary N) is 2. The number of nitro benzene ring substituents is 1. The van der Waals surface area contributed by atoms with Gasteiger partial charge in [0.1, 0.15) is 11.3 Å². The predicted octanol–water partition coefficient (Wildman–Crippen LogP) is 0.470. The maximum atomic E-state index is 10.9. The summed E-state index contributed by atoms with van der Waals surface area (Å²) in [5.41, 5.74) is -0.591. The van der Waals surface area contributed by atoms with E-state index in [-0.39, 0.29) is 22.5 Å². The largest absolute Gasteiger partial charge is 0.508 e. The van der Waals surface area contributed by atoms with Crippen molar-refractivity contribution in [3.8, 4) is 5.75 Å². The van der Waals surface area contributed by atoms with Crippen molar-refractivity contribution in [2.45, 2.75) is 0 Å². The molecular weight excluding hydrogens is 190 g/mol. The van der Waals surface area contributed by atoms with Crippen molar-refractivity contribution in [3.05, 3.63) is 32.7 Å². The normalized spacial score (nSPS) is 10.6. The molecule has 0 aliphatic rings. The number of nitro groups is 1. The quantitative estimate of drug-likeness (QED) is 0.453. The van der Waals surface area contributed by atoms with Crippen LogP contribution < -0.4 is 5.69 Å². The van der Waals surface area contributed by atoms with Gasteiger partial charge in [-0.2, -0.15) is 0 Å². The third-order valence-corrected chi connectivity index (χ3v) is 1.79. The number of imidazole rings is 1. The maximum Gasteiger partial charge on any atom is 0.324 e. The highest BCUT2D eigenvalue weighted by Crippen LogP contribution is 2.26. The van der Waals surface area contributed by atoms with Crippen molar-refractivity contribution in [3.63, 3.8) is 0 Å². The number of phenolic OH excluding ortho intramolecular Hbond substituents is 1. The van der Waals surface area contributed by atoms with Gasteiger partial charge >= 0.3 is 5.69 Å². The van der Waals surface area contributed by atoms with E-state index in [4.69, 9.17) is 5.11 Å². The monoisotopic (exact) mass is 195 g/mol. The first-order valence-electron chi connectivity index (χ1n) is 3.67. The topological polar surface area (TPSA) is 112 Å². The van der Waals surface area contributed by atoms with E-state index in [9.17, 15) is 14.9 Å². The van der Waals surface area contributed by atoms with Gasteiger partial charge in [-0.05, 0) is 0 Å². The highest BCUT2D eigenvalue weighted by Gasteiger charge is 2.15. The molecule has 0 radical (unpaired) electrons. The van der Waals surface area contributed by atoms with E-state index in [1.165, 1.54) is 6.07 Å². The number of phenols is 1. The lowest BCUT2D eigenvalue weighted by atomic mass is 10.2. The third kappa shape index (κ3) is 1.11. The highest BCUT2D eigenvalue weighted by molar-refractivity contribution is 5.85. The van der Waals surface area contributed by atoms with E-state index in [1.54, 1.807) is 0 Å². The molecule has 0 bridgehead atoms. The van der Waals surface area contributed by atoms with Gasteiger partial charge in [0.2, 0.25) is 0 Å². The number of H-pyrrole nitrogens is 2. The summed E-state index contributed by atoms with van der Waals surface area (Å²) in [5.74, 6) is -0.264. The molecule has 7 heteroatoms. The van der Waals surface area contributed by atoms with Gasteiger partial charge in [-0.1, -0.05) is 0 Å². The summed E-state index contributed by atoms with van der Waals surface area (Å²) in [4.78, 5) is 25.3. The molecule has 0 saturated heterocycles. The summed E-state index contributed by atoms with van der Waals surface area (Å²) in [5, 5.41) is 19.7. The molecule has 1 aromatic heterocycles. The van der Waals surface area contributed by atoms with E-state index in [1.807, 2.05) is 0 Å². The summed E-state index contributed by atoms with van der Waals surface area (Å²) in [7, 11) is 0. The second-order valence-electron chi connectivity index (χ2n) is 2.72. The van der Waals surface area contributed by atoms with Crippen LogP contribution in [0.3, 0.4) is 0 Å². The third-order valence-electron chi connectivity index (χ3n) is 1.79. The van der Waals surface area contributed by atoms with Crippen LogP contribution in [-0.2, 0) is 0 Å². The van der Waals surface area contributed by atoms with Gasteiger partial charge in [0.15, 0.2) is 0 Å². The van der Waals surface area contributed by atoms with Crippen molar-refractivity contribution < 1.29 is 10.0 Å². The van der Waals surface area contributed by atoms with Crippen molar-refractivity contribution in [2.75, 3.05) is 0 Å². The minimum absolute atomic E-state index is 0.0813. The molecule has 72 valence electrons. The standard InChI is InChI=1S/C7H5N3O4/c11-3-1-4-6(9-7(12)8-4)5(2-3)10(13)14/h1-2,11H,(H2,8,9,12).